The van der Waals surface area contributed by atoms with Crippen LogP contribution in [0.5, 0.6) is 0 Å². The van der Waals surface area contributed by atoms with E-state index in [9.17, 15) is 26.3 Å². The summed E-state index contributed by atoms with van der Waals surface area (Å²) < 4.78 is 85.4. The van der Waals surface area contributed by atoms with Crippen molar-refractivity contribution in [2.45, 2.75) is 51.4 Å². The minimum Gasteiger partial charge on any atom is -0.369 e. The van der Waals surface area contributed by atoms with Gasteiger partial charge in [-0.3, -0.25) is 24.0 Å². The van der Waals surface area contributed by atoms with E-state index in [1.54, 1.807) is 0 Å². The number of rotatable bonds is 10. The van der Waals surface area contributed by atoms with Crippen LogP contribution >= 0.6 is 23.2 Å². The molecule has 9 nitrogen and oxygen atoms in total. The van der Waals surface area contributed by atoms with Crippen molar-refractivity contribution in [2.75, 3.05) is 62.2 Å². The van der Waals surface area contributed by atoms with Gasteiger partial charge in [-0.25, -0.2) is 0 Å². The SMILES string of the molecule is Cc1c(Cl)c(C(F)(F)F)nn1CC(C(=O)C(Cn1nc(C(F)(F)F)c(Cl)c1C)N1CCN(c2ccccc2)CC1)N1CCN(c2ccccc2)CC1. The van der Waals surface area contributed by atoms with Gasteiger partial charge in [0.1, 0.15) is 0 Å². The predicted octanol–water partition coefficient (Wildman–Crippen LogP) is 6.69. The number of Topliss-reactive ketones (excluding diaryl/α,β-unsaturated/α-hetero) is 1. The fourth-order valence-corrected chi connectivity index (χ4v) is 7.43. The Labute approximate surface area is 307 Å². The second kappa shape index (κ2) is 15.3. The van der Waals surface area contributed by atoms with Crippen molar-refractivity contribution in [3.05, 3.63) is 93.5 Å². The van der Waals surface area contributed by atoms with Gasteiger partial charge in [-0.2, -0.15) is 36.5 Å². The number of para-hydroxylation sites is 2. The molecule has 0 saturated carbocycles. The molecule has 2 aliphatic rings. The lowest BCUT2D eigenvalue weighted by Gasteiger charge is -2.43. The molecule has 0 amide bonds. The second-order valence-corrected chi connectivity index (χ2v) is 13.8. The summed E-state index contributed by atoms with van der Waals surface area (Å²) in [5.74, 6) is -0.375. The van der Waals surface area contributed by atoms with Gasteiger partial charge in [-0.1, -0.05) is 59.6 Å². The molecule has 2 unspecified atom stereocenters. The number of piperazine rings is 2. The Morgan fingerprint density at radius 2 is 0.942 bits per heavy atom. The Morgan fingerprint density at radius 3 is 1.23 bits per heavy atom. The molecule has 2 fully saturated rings. The number of aromatic nitrogens is 4. The number of carbonyl (C=O) groups excluding carboxylic acids is 1. The topological polar surface area (TPSA) is 65.7 Å². The highest BCUT2D eigenvalue weighted by Gasteiger charge is 2.43. The molecule has 4 heterocycles. The molecule has 2 aromatic carbocycles. The molecule has 2 atom stereocenters. The molecule has 4 aromatic rings. The van der Waals surface area contributed by atoms with Crippen LogP contribution in [0, 0.1) is 13.8 Å². The summed E-state index contributed by atoms with van der Waals surface area (Å²) >= 11 is 12.2. The van der Waals surface area contributed by atoms with Crippen LogP contribution in [-0.4, -0.2) is 99.6 Å². The molecular weight excluding hydrogens is 733 g/mol. The van der Waals surface area contributed by atoms with Crippen molar-refractivity contribution < 1.29 is 31.1 Å². The fraction of sp³-hybridized carbons (Fsp3) is 0.457. The van der Waals surface area contributed by atoms with Gasteiger partial charge < -0.3 is 9.80 Å². The molecule has 6 rings (SSSR count). The number of hydrogen-bond acceptors (Lipinski definition) is 7. The van der Waals surface area contributed by atoms with E-state index in [-0.39, 0.29) is 30.3 Å². The zero-order chi connectivity index (χ0) is 37.4. The second-order valence-electron chi connectivity index (χ2n) is 13.0. The quantitative estimate of drug-likeness (QED) is 0.167. The van der Waals surface area contributed by atoms with Gasteiger partial charge in [-0.15, -0.1) is 0 Å². The van der Waals surface area contributed by atoms with E-state index < -0.39 is 45.9 Å². The van der Waals surface area contributed by atoms with Crippen LogP contribution in [0.25, 0.3) is 0 Å². The lowest BCUT2D eigenvalue weighted by atomic mass is 9.99. The van der Waals surface area contributed by atoms with Crippen LogP contribution in [0.3, 0.4) is 0 Å². The highest BCUT2D eigenvalue weighted by Crippen LogP contribution is 2.37. The fourth-order valence-electron chi connectivity index (χ4n) is 6.95. The van der Waals surface area contributed by atoms with E-state index in [0.717, 1.165) is 20.7 Å². The Morgan fingerprint density at radius 1 is 0.615 bits per heavy atom. The standard InChI is InChI=1S/C35H38Cl2F6N8O/c1-23-29(36)32(34(38,39)40)44-50(23)21-27(48-17-13-46(14-18-48)25-9-5-3-6-10-25)31(52)28(22-51-24(2)30(37)33(45-51)35(41,42)43)49-19-15-47(16-20-49)26-11-7-4-8-12-26/h3-12,27-28H,13-22H2,1-2H3. The first-order valence-corrected chi connectivity index (χ1v) is 17.6. The molecule has 0 bridgehead atoms. The van der Waals surface area contributed by atoms with Gasteiger partial charge in [0.2, 0.25) is 0 Å². The van der Waals surface area contributed by atoms with Crippen molar-refractivity contribution in [1.82, 2.24) is 29.4 Å². The van der Waals surface area contributed by atoms with E-state index >= 15 is 4.79 Å². The van der Waals surface area contributed by atoms with Gasteiger partial charge in [0, 0.05) is 63.7 Å². The highest BCUT2D eigenvalue weighted by atomic mass is 35.5. The van der Waals surface area contributed by atoms with Crippen LogP contribution in [-0.2, 0) is 30.2 Å². The minimum atomic E-state index is -4.82. The maximum absolute atomic E-state index is 15.1. The van der Waals surface area contributed by atoms with Crippen molar-refractivity contribution in [3.63, 3.8) is 0 Å². The number of hydrogen-bond donors (Lipinski definition) is 0. The zero-order valence-electron chi connectivity index (χ0n) is 28.5. The monoisotopic (exact) mass is 770 g/mol. The van der Waals surface area contributed by atoms with Crippen molar-refractivity contribution in [3.8, 4) is 0 Å². The molecule has 0 radical (unpaired) electrons. The summed E-state index contributed by atoms with van der Waals surface area (Å²) in [6.07, 6.45) is -9.64. The summed E-state index contributed by atoms with van der Waals surface area (Å²) in [6, 6.07) is 17.4. The number of carbonyl (C=O) groups is 1. The summed E-state index contributed by atoms with van der Waals surface area (Å²) in [5, 5.41) is 6.51. The summed E-state index contributed by atoms with van der Waals surface area (Å²) in [6.45, 7) is 6.02. The largest absolute Gasteiger partial charge is 0.436 e. The summed E-state index contributed by atoms with van der Waals surface area (Å²) in [4.78, 5) is 23.2. The van der Waals surface area contributed by atoms with Crippen molar-refractivity contribution in [2.24, 2.45) is 0 Å². The molecule has 17 heteroatoms. The third kappa shape index (κ3) is 8.07. The van der Waals surface area contributed by atoms with Crippen molar-refractivity contribution >= 4 is 40.4 Å². The lowest BCUT2D eigenvalue weighted by Crippen LogP contribution is -2.61. The van der Waals surface area contributed by atoms with Gasteiger partial charge in [-0.05, 0) is 38.1 Å². The normalized spacial score (nSPS) is 17.8. The zero-order valence-corrected chi connectivity index (χ0v) is 30.0. The third-order valence-corrected chi connectivity index (χ3v) is 10.8. The Bertz CT molecular complexity index is 1700. The van der Waals surface area contributed by atoms with Gasteiger partial charge >= 0.3 is 12.4 Å². The average molecular weight is 772 g/mol. The first-order valence-electron chi connectivity index (χ1n) is 16.9. The first kappa shape index (κ1) is 38.0. The predicted molar refractivity (Wildman–Crippen MR) is 187 cm³/mol. The van der Waals surface area contributed by atoms with E-state index in [1.165, 1.54) is 13.8 Å². The number of alkyl halides is 6. The molecular formula is C35H38Cl2F6N8O. The maximum atomic E-state index is 15.1. The number of benzene rings is 2. The van der Waals surface area contributed by atoms with Crippen LogP contribution < -0.4 is 9.80 Å². The molecule has 280 valence electrons. The smallest absolute Gasteiger partial charge is 0.369 e. The van der Waals surface area contributed by atoms with Crippen LogP contribution in [0.1, 0.15) is 22.8 Å². The number of anilines is 2. The number of nitrogens with zero attached hydrogens (tertiary/aromatic N) is 8. The molecule has 52 heavy (non-hydrogen) atoms. The van der Waals surface area contributed by atoms with E-state index in [2.05, 4.69) is 20.0 Å². The van der Waals surface area contributed by atoms with E-state index in [1.807, 2.05) is 70.5 Å². The van der Waals surface area contributed by atoms with Crippen LogP contribution in [0.4, 0.5) is 37.7 Å². The van der Waals surface area contributed by atoms with Crippen LogP contribution in [0.2, 0.25) is 10.0 Å². The molecule has 0 N–H and O–H groups in total. The van der Waals surface area contributed by atoms with E-state index in [4.69, 9.17) is 23.2 Å². The molecule has 2 aromatic heterocycles. The molecule has 2 saturated heterocycles. The Kier molecular flexibility index (Phi) is 11.2. The van der Waals surface area contributed by atoms with Gasteiger partial charge in [0.05, 0.1) is 46.6 Å². The molecule has 0 aliphatic carbocycles. The molecule has 0 spiro atoms. The summed E-state index contributed by atoms with van der Waals surface area (Å²) in [5.41, 5.74) is -0.409. The van der Waals surface area contributed by atoms with Gasteiger partial charge in [0.15, 0.2) is 17.2 Å². The average Bonchev–Trinajstić information content (AvgIpc) is 3.59. The van der Waals surface area contributed by atoms with Crippen molar-refractivity contribution in [1.29, 1.82) is 0 Å². The third-order valence-electron chi connectivity index (χ3n) is 9.91. The number of halogens is 8. The van der Waals surface area contributed by atoms with Crippen LogP contribution in [0.15, 0.2) is 60.7 Å². The Balaban J connectivity index is 1.35. The summed E-state index contributed by atoms with van der Waals surface area (Å²) in [7, 11) is 0. The lowest BCUT2D eigenvalue weighted by molar-refractivity contribution is -0.142. The highest BCUT2D eigenvalue weighted by molar-refractivity contribution is 6.32. The van der Waals surface area contributed by atoms with E-state index in [0.29, 0.717) is 52.4 Å². The molecule has 2 aliphatic heterocycles. The Hall–Kier alpha value is -3.79. The number of ketones is 1. The first-order chi connectivity index (χ1) is 24.6. The maximum Gasteiger partial charge on any atom is 0.436 e. The minimum absolute atomic E-state index is 0.0484. The van der Waals surface area contributed by atoms with Gasteiger partial charge in [0.25, 0.3) is 0 Å².